The van der Waals surface area contributed by atoms with E-state index in [1.807, 2.05) is 6.26 Å². The van der Waals surface area contributed by atoms with E-state index in [1.54, 1.807) is 24.3 Å². The molecule has 0 aliphatic carbocycles. The summed E-state index contributed by atoms with van der Waals surface area (Å²) in [6.45, 7) is 0. The van der Waals surface area contributed by atoms with Crippen molar-refractivity contribution in [2.45, 2.75) is 12.5 Å². The Morgan fingerprint density at radius 3 is 2.64 bits per heavy atom. The van der Waals surface area contributed by atoms with Crippen molar-refractivity contribution < 1.29 is 19.5 Å². The Labute approximate surface area is 149 Å². The number of anilines is 1. The van der Waals surface area contributed by atoms with Gasteiger partial charge in [-0.3, -0.25) is 9.59 Å². The smallest absolute Gasteiger partial charge is 0.326 e. The minimum absolute atomic E-state index is 0.194. The molecule has 1 atom stereocenters. The Hall–Kier alpha value is -2.99. The molecule has 0 bridgehead atoms. The van der Waals surface area contributed by atoms with Crippen LogP contribution in [0.15, 0.2) is 36.0 Å². The quantitative estimate of drug-likeness (QED) is 0.303. The third-order valence-electron chi connectivity index (χ3n) is 3.13. The highest BCUT2D eigenvalue weighted by atomic mass is 32.2. The fraction of sp³-hybridized carbons (Fsp3) is 0.250. The molecule has 0 heterocycles. The Morgan fingerprint density at radius 1 is 1.40 bits per heavy atom. The number of nitrogens with zero attached hydrogens (tertiary/aromatic N) is 1. The van der Waals surface area contributed by atoms with E-state index < -0.39 is 29.4 Å². The Morgan fingerprint density at radius 2 is 2.08 bits per heavy atom. The molecular formula is C16H18N4O4S. The van der Waals surface area contributed by atoms with E-state index in [-0.39, 0.29) is 17.7 Å². The van der Waals surface area contributed by atoms with Crippen LogP contribution < -0.4 is 16.4 Å². The molecule has 1 aromatic carbocycles. The van der Waals surface area contributed by atoms with E-state index in [4.69, 9.17) is 16.1 Å². The number of carbonyl (C=O) groups excluding carboxylic acids is 2. The average molecular weight is 362 g/mol. The van der Waals surface area contributed by atoms with Crippen molar-refractivity contribution >= 4 is 35.2 Å². The number of nitrogens with one attached hydrogen (secondary N) is 2. The standard InChI is InChI=1S/C16H18N4O4S/c1-25-7-6-13(16(23)24)20-14(21)10(8-17)9-19-15(22)11-4-2-3-5-12(11)18/h2-5,9,13H,6-7,18H2,1H3,(H,19,22)(H,20,21)(H,23,24)/b10-9-. The molecule has 0 aromatic heterocycles. The van der Waals surface area contributed by atoms with Crippen LogP contribution in [0.25, 0.3) is 0 Å². The van der Waals surface area contributed by atoms with Gasteiger partial charge in [0.1, 0.15) is 17.7 Å². The lowest BCUT2D eigenvalue weighted by Gasteiger charge is -2.13. The molecule has 9 heteroatoms. The lowest BCUT2D eigenvalue weighted by Crippen LogP contribution is -2.42. The summed E-state index contributed by atoms with van der Waals surface area (Å²) in [4.78, 5) is 35.2. The second kappa shape index (κ2) is 10.00. The lowest BCUT2D eigenvalue weighted by molar-refractivity contribution is -0.141. The Kier molecular flexibility index (Phi) is 8.02. The van der Waals surface area contributed by atoms with E-state index >= 15 is 0 Å². The number of hydrogen-bond donors (Lipinski definition) is 4. The molecule has 25 heavy (non-hydrogen) atoms. The van der Waals surface area contributed by atoms with Crippen molar-refractivity contribution in [3.63, 3.8) is 0 Å². The number of hydrogen-bond acceptors (Lipinski definition) is 6. The van der Waals surface area contributed by atoms with Crippen LogP contribution in [0, 0.1) is 11.3 Å². The Bertz CT molecular complexity index is 727. The maximum atomic E-state index is 12.0. The van der Waals surface area contributed by atoms with Crippen molar-refractivity contribution in [3.05, 3.63) is 41.6 Å². The van der Waals surface area contributed by atoms with Gasteiger partial charge in [0.05, 0.1) is 5.56 Å². The highest BCUT2D eigenvalue weighted by Crippen LogP contribution is 2.10. The van der Waals surface area contributed by atoms with Gasteiger partial charge in [-0.2, -0.15) is 17.0 Å². The minimum atomic E-state index is -1.19. The first-order chi connectivity index (χ1) is 11.9. The van der Waals surface area contributed by atoms with Gasteiger partial charge in [0.15, 0.2) is 0 Å². The highest BCUT2D eigenvalue weighted by molar-refractivity contribution is 7.98. The van der Waals surface area contributed by atoms with Crippen LogP contribution in [0.1, 0.15) is 16.8 Å². The van der Waals surface area contributed by atoms with Gasteiger partial charge < -0.3 is 21.5 Å². The van der Waals surface area contributed by atoms with Gasteiger partial charge in [-0.15, -0.1) is 0 Å². The minimum Gasteiger partial charge on any atom is -0.480 e. The number of carboxylic acid groups (broad SMARTS) is 1. The first-order valence-electron chi connectivity index (χ1n) is 7.19. The fourth-order valence-corrected chi connectivity index (χ4v) is 2.27. The summed E-state index contributed by atoms with van der Waals surface area (Å²) >= 11 is 1.44. The van der Waals surface area contributed by atoms with E-state index in [9.17, 15) is 14.4 Å². The van der Waals surface area contributed by atoms with E-state index in [0.29, 0.717) is 5.75 Å². The number of benzene rings is 1. The molecule has 0 aliphatic rings. The molecule has 0 fully saturated rings. The zero-order valence-corrected chi connectivity index (χ0v) is 14.3. The number of aliphatic carboxylic acids is 1. The van der Waals surface area contributed by atoms with Crippen molar-refractivity contribution in [3.8, 4) is 6.07 Å². The number of thioether (sulfide) groups is 1. The summed E-state index contributed by atoms with van der Waals surface area (Å²) in [5, 5.41) is 22.7. The molecule has 8 nitrogen and oxygen atoms in total. The SMILES string of the molecule is CSCCC(NC(=O)/C(C#N)=C\NC(=O)c1ccccc1N)C(=O)O. The number of amides is 2. The predicted octanol–water partition coefficient (Wildman–Crippen LogP) is 0.729. The normalized spacial score (nSPS) is 11.9. The molecule has 0 spiro atoms. The van der Waals surface area contributed by atoms with Crippen LogP contribution >= 0.6 is 11.8 Å². The van der Waals surface area contributed by atoms with Crippen molar-refractivity contribution in [1.29, 1.82) is 5.26 Å². The highest BCUT2D eigenvalue weighted by Gasteiger charge is 2.21. The molecule has 0 aliphatic heterocycles. The average Bonchev–Trinajstić information content (AvgIpc) is 2.59. The van der Waals surface area contributed by atoms with Gasteiger partial charge in [-0.25, -0.2) is 4.79 Å². The van der Waals surface area contributed by atoms with Gasteiger partial charge in [0.2, 0.25) is 0 Å². The van der Waals surface area contributed by atoms with Crippen molar-refractivity contribution in [1.82, 2.24) is 10.6 Å². The van der Waals surface area contributed by atoms with Crippen LogP contribution in [0.4, 0.5) is 5.69 Å². The topological polar surface area (TPSA) is 145 Å². The first-order valence-corrected chi connectivity index (χ1v) is 8.58. The van der Waals surface area contributed by atoms with Gasteiger partial charge >= 0.3 is 5.97 Å². The van der Waals surface area contributed by atoms with Crippen molar-refractivity contribution in [2.75, 3.05) is 17.7 Å². The number of nitriles is 1. The molecular weight excluding hydrogens is 344 g/mol. The van der Waals surface area contributed by atoms with Crippen LogP contribution in [-0.2, 0) is 9.59 Å². The molecule has 1 rings (SSSR count). The van der Waals surface area contributed by atoms with E-state index in [2.05, 4.69) is 10.6 Å². The zero-order valence-electron chi connectivity index (χ0n) is 13.5. The second-order valence-corrected chi connectivity index (χ2v) is 5.86. The predicted molar refractivity (Wildman–Crippen MR) is 94.6 cm³/mol. The summed E-state index contributed by atoms with van der Waals surface area (Å²) < 4.78 is 0. The van der Waals surface area contributed by atoms with Crippen LogP contribution in [0.5, 0.6) is 0 Å². The number of carbonyl (C=O) groups is 3. The number of rotatable bonds is 8. The van der Waals surface area contributed by atoms with Gasteiger partial charge in [0.25, 0.3) is 11.8 Å². The van der Waals surface area contributed by atoms with E-state index in [0.717, 1.165) is 6.20 Å². The van der Waals surface area contributed by atoms with Crippen LogP contribution in [0.3, 0.4) is 0 Å². The fourth-order valence-electron chi connectivity index (χ4n) is 1.80. The molecule has 1 aromatic rings. The van der Waals surface area contributed by atoms with Gasteiger partial charge in [0, 0.05) is 11.9 Å². The first kappa shape index (κ1) is 20.1. The van der Waals surface area contributed by atoms with Crippen LogP contribution in [0.2, 0.25) is 0 Å². The van der Waals surface area contributed by atoms with Crippen LogP contribution in [-0.4, -0.2) is 40.9 Å². The summed E-state index contributed by atoms with van der Waals surface area (Å²) in [6, 6.07) is 6.83. The lowest BCUT2D eigenvalue weighted by atomic mass is 10.1. The third kappa shape index (κ3) is 6.19. The molecule has 1 unspecified atom stereocenters. The van der Waals surface area contributed by atoms with E-state index in [1.165, 1.54) is 17.8 Å². The Balaban J connectivity index is 2.79. The second-order valence-electron chi connectivity index (χ2n) is 4.88. The maximum absolute atomic E-state index is 12.0. The molecule has 0 saturated heterocycles. The number of nitrogens with two attached hydrogens (primary N) is 1. The number of carboxylic acids is 1. The molecule has 0 saturated carbocycles. The molecule has 0 radical (unpaired) electrons. The summed E-state index contributed by atoms with van der Waals surface area (Å²) in [6.07, 6.45) is 2.96. The maximum Gasteiger partial charge on any atom is 0.326 e. The molecule has 132 valence electrons. The zero-order chi connectivity index (χ0) is 18.8. The molecule has 2 amide bonds. The largest absolute Gasteiger partial charge is 0.480 e. The molecule has 5 N–H and O–H groups in total. The summed E-state index contributed by atoms with van der Waals surface area (Å²) in [7, 11) is 0. The van der Waals surface area contributed by atoms with Gasteiger partial charge in [-0.05, 0) is 30.6 Å². The summed E-state index contributed by atoms with van der Waals surface area (Å²) in [5.41, 5.74) is 5.70. The third-order valence-corrected chi connectivity index (χ3v) is 3.78. The van der Waals surface area contributed by atoms with Crippen molar-refractivity contribution in [2.24, 2.45) is 0 Å². The van der Waals surface area contributed by atoms with Gasteiger partial charge in [-0.1, -0.05) is 12.1 Å². The monoisotopic (exact) mass is 362 g/mol. The number of para-hydroxylation sites is 1. The number of nitrogen functional groups attached to an aromatic ring is 1. The summed E-state index contributed by atoms with van der Waals surface area (Å²) in [5.74, 6) is -2.12.